The van der Waals surface area contributed by atoms with E-state index >= 15 is 0 Å². The van der Waals surface area contributed by atoms with Crippen LogP contribution < -0.4 is 0 Å². The van der Waals surface area contributed by atoms with Crippen LogP contribution in [0.1, 0.15) is 36.2 Å². The van der Waals surface area contributed by atoms with Crippen molar-refractivity contribution in [3.05, 3.63) is 30.1 Å². The van der Waals surface area contributed by atoms with Crippen molar-refractivity contribution in [2.45, 2.75) is 31.8 Å². The number of carbonyl (C=O) groups is 1. The third-order valence-corrected chi connectivity index (χ3v) is 3.31. The number of aliphatic hydroxyl groups excluding tert-OH is 1. The molecule has 0 saturated carbocycles. The predicted octanol–water partition coefficient (Wildman–Crippen LogP) is 1.50. The minimum atomic E-state index is -0.190. The van der Waals surface area contributed by atoms with E-state index in [1.807, 2.05) is 12.1 Å². The lowest BCUT2D eigenvalue weighted by Gasteiger charge is -2.29. The van der Waals surface area contributed by atoms with E-state index in [1.54, 1.807) is 12.3 Å². The highest BCUT2D eigenvalue weighted by Gasteiger charge is 2.17. The van der Waals surface area contributed by atoms with E-state index in [1.165, 1.54) is 0 Å². The molecule has 0 spiro atoms. The second-order valence-corrected chi connectivity index (χ2v) is 4.84. The van der Waals surface area contributed by atoms with E-state index < -0.39 is 0 Å². The molecule has 1 saturated heterocycles. The van der Waals surface area contributed by atoms with Gasteiger partial charge in [-0.2, -0.15) is 0 Å². The Morgan fingerprint density at radius 1 is 1.50 bits per heavy atom. The molecule has 1 fully saturated rings. The summed E-state index contributed by atoms with van der Waals surface area (Å²) in [6.45, 7) is 2.67. The molecule has 98 valence electrons. The molecule has 0 amide bonds. The van der Waals surface area contributed by atoms with Crippen LogP contribution in [0.3, 0.4) is 0 Å². The Morgan fingerprint density at radius 3 is 3.11 bits per heavy atom. The van der Waals surface area contributed by atoms with Crippen molar-refractivity contribution in [1.29, 1.82) is 0 Å². The monoisotopic (exact) mass is 248 g/mol. The highest BCUT2D eigenvalue weighted by Crippen LogP contribution is 2.11. The second-order valence-electron chi connectivity index (χ2n) is 4.84. The zero-order valence-corrected chi connectivity index (χ0v) is 10.6. The van der Waals surface area contributed by atoms with Gasteiger partial charge in [0.1, 0.15) is 5.69 Å². The molecule has 0 unspecified atom stereocenters. The fraction of sp³-hybridized carbons (Fsp3) is 0.571. The van der Waals surface area contributed by atoms with Crippen molar-refractivity contribution < 1.29 is 9.90 Å². The SMILES string of the molecule is O=C(CCCN1CCC[C@@H](O)C1)c1ccccn1. The number of β-amino-alcohol motifs (C(OH)–C–C–N with tert-alkyl or cyclic N) is 1. The Hall–Kier alpha value is -1.26. The molecule has 1 aromatic rings. The van der Waals surface area contributed by atoms with Gasteiger partial charge in [-0.05, 0) is 44.5 Å². The average Bonchev–Trinajstić information content (AvgIpc) is 2.40. The maximum absolute atomic E-state index is 11.8. The lowest BCUT2D eigenvalue weighted by Crippen LogP contribution is -2.38. The molecule has 0 bridgehead atoms. The van der Waals surface area contributed by atoms with E-state index in [4.69, 9.17) is 0 Å². The predicted molar refractivity (Wildman–Crippen MR) is 69.5 cm³/mol. The van der Waals surface area contributed by atoms with Gasteiger partial charge in [-0.25, -0.2) is 0 Å². The Balaban J connectivity index is 1.70. The average molecular weight is 248 g/mol. The number of aromatic nitrogens is 1. The fourth-order valence-corrected chi connectivity index (χ4v) is 2.35. The molecule has 2 rings (SSSR count). The normalized spacial score (nSPS) is 20.8. The van der Waals surface area contributed by atoms with Crippen molar-refractivity contribution in [3.8, 4) is 0 Å². The fourth-order valence-electron chi connectivity index (χ4n) is 2.35. The van der Waals surface area contributed by atoms with E-state index in [-0.39, 0.29) is 11.9 Å². The molecule has 4 nitrogen and oxygen atoms in total. The number of hydrogen-bond acceptors (Lipinski definition) is 4. The van der Waals surface area contributed by atoms with Crippen LogP contribution in [0.4, 0.5) is 0 Å². The summed E-state index contributed by atoms with van der Waals surface area (Å²) >= 11 is 0. The third-order valence-electron chi connectivity index (χ3n) is 3.31. The van der Waals surface area contributed by atoms with Gasteiger partial charge in [0.05, 0.1) is 6.10 Å². The number of Topliss-reactive ketones (excluding diaryl/α,β-unsaturated/α-hetero) is 1. The van der Waals surface area contributed by atoms with Crippen LogP contribution in [0.25, 0.3) is 0 Å². The van der Waals surface area contributed by atoms with Crippen LogP contribution in [-0.2, 0) is 0 Å². The van der Waals surface area contributed by atoms with Gasteiger partial charge in [-0.15, -0.1) is 0 Å². The molecule has 4 heteroatoms. The largest absolute Gasteiger partial charge is 0.392 e. The number of rotatable bonds is 5. The molecule has 18 heavy (non-hydrogen) atoms. The number of pyridine rings is 1. The van der Waals surface area contributed by atoms with Crippen LogP contribution in [0.5, 0.6) is 0 Å². The molecule has 2 heterocycles. The van der Waals surface area contributed by atoms with Crippen LogP contribution in [-0.4, -0.2) is 46.5 Å². The number of likely N-dealkylation sites (tertiary alicyclic amines) is 1. The van der Waals surface area contributed by atoms with E-state index in [0.29, 0.717) is 12.1 Å². The second kappa shape index (κ2) is 6.61. The topological polar surface area (TPSA) is 53.4 Å². The van der Waals surface area contributed by atoms with Crippen molar-refractivity contribution in [2.24, 2.45) is 0 Å². The van der Waals surface area contributed by atoms with Crippen LogP contribution >= 0.6 is 0 Å². The zero-order chi connectivity index (χ0) is 12.8. The summed E-state index contributed by atoms with van der Waals surface area (Å²) in [6.07, 6.45) is 4.78. The van der Waals surface area contributed by atoms with Gasteiger partial charge in [0.15, 0.2) is 5.78 Å². The van der Waals surface area contributed by atoms with Crippen LogP contribution in [0.15, 0.2) is 24.4 Å². The Bertz CT molecular complexity index is 381. The van der Waals surface area contributed by atoms with Gasteiger partial charge < -0.3 is 10.0 Å². The Morgan fingerprint density at radius 2 is 2.39 bits per heavy atom. The van der Waals surface area contributed by atoms with Gasteiger partial charge in [0.25, 0.3) is 0 Å². The highest BCUT2D eigenvalue weighted by molar-refractivity contribution is 5.94. The zero-order valence-electron chi connectivity index (χ0n) is 10.6. The molecule has 1 aliphatic heterocycles. The maximum Gasteiger partial charge on any atom is 0.181 e. The molecule has 1 atom stereocenters. The number of nitrogens with zero attached hydrogens (tertiary/aromatic N) is 2. The molecule has 1 aliphatic rings. The van der Waals surface area contributed by atoms with Crippen LogP contribution in [0.2, 0.25) is 0 Å². The van der Waals surface area contributed by atoms with E-state index in [2.05, 4.69) is 9.88 Å². The molecular weight excluding hydrogens is 228 g/mol. The number of carbonyl (C=O) groups excluding carboxylic acids is 1. The van der Waals surface area contributed by atoms with Crippen molar-refractivity contribution in [1.82, 2.24) is 9.88 Å². The van der Waals surface area contributed by atoms with E-state index in [0.717, 1.165) is 38.9 Å². The van der Waals surface area contributed by atoms with E-state index in [9.17, 15) is 9.90 Å². The number of hydrogen-bond donors (Lipinski definition) is 1. The molecule has 1 aromatic heterocycles. The summed E-state index contributed by atoms with van der Waals surface area (Å²) in [4.78, 5) is 18.1. The highest BCUT2D eigenvalue weighted by atomic mass is 16.3. The lowest BCUT2D eigenvalue weighted by molar-refractivity contribution is 0.0692. The first-order valence-corrected chi connectivity index (χ1v) is 6.60. The minimum absolute atomic E-state index is 0.105. The maximum atomic E-state index is 11.8. The number of aliphatic hydroxyl groups is 1. The first kappa shape index (κ1) is 13.2. The standard InChI is InChI=1S/C14H20N2O2/c17-12-5-3-9-16(11-12)10-4-7-14(18)13-6-1-2-8-15-13/h1-2,6,8,12,17H,3-5,7,9-11H2/t12-/m1/s1. The minimum Gasteiger partial charge on any atom is -0.392 e. The third kappa shape index (κ3) is 3.89. The quantitative estimate of drug-likeness (QED) is 0.802. The van der Waals surface area contributed by atoms with Gasteiger partial charge in [0.2, 0.25) is 0 Å². The van der Waals surface area contributed by atoms with Crippen molar-refractivity contribution in [3.63, 3.8) is 0 Å². The van der Waals surface area contributed by atoms with Gasteiger partial charge in [-0.3, -0.25) is 9.78 Å². The molecule has 0 aromatic carbocycles. The number of ketones is 1. The van der Waals surface area contributed by atoms with Crippen molar-refractivity contribution >= 4 is 5.78 Å². The summed E-state index contributed by atoms with van der Waals surface area (Å²) in [6, 6.07) is 5.40. The Kier molecular flexibility index (Phi) is 4.84. The molecular formula is C14H20N2O2. The van der Waals surface area contributed by atoms with Crippen LogP contribution in [0, 0.1) is 0 Å². The Labute approximate surface area is 108 Å². The summed E-state index contributed by atoms with van der Waals surface area (Å²) in [5.41, 5.74) is 0.552. The molecule has 1 N–H and O–H groups in total. The lowest BCUT2D eigenvalue weighted by atomic mass is 10.1. The number of piperidine rings is 1. The molecule has 0 aliphatic carbocycles. The van der Waals surface area contributed by atoms with Gasteiger partial charge in [-0.1, -0.05) is 6.07 Å². The first-order valence-electron chi connectivity index (χ1n) is 6.60. The summed E-state index contributed by atoms with van der Waals surface area (Å²) in [7, 11) is 0. The summed E-state index contributed by atoms with van der Waals surface area (Å²) in [5, 5.41) is 9.55. The summed E-state index contributed by atoms with van der Waals surface area (Å²) < 4.78 is 0. The van der Waals surface area contributed by atoms with Gasteiger partial charge >= 0.3 is 0 Å². The molecule has 0 radical (unpaired) electrons. The first-order chi connectivity index (χ1) is 8.75. The van der Waals surface area contributed by atoms with Gasteiger partial charge in [0, 0.05) is 19.2 Å². The summed E-state index contributed by atoms with van der Waals surface area (Å²) in [5.74, 6) is 0.105. The van der Waals surface area contributed by atoms with Crippen molar-refractivity contribution in [2.75, 3.05) is 19.6 Å². The smallest absolute Gasteiger partial charge is 0.181 e.